The first-order chi connectivity index (χ1) is 63.5. The molecule has 0 aliphatic carbocycles. The number of primary amides is 1. The Morgan fingerprint density at radius 1 is 0.552 bits per heavy atom. The highest BCUT2D eigenvalue weighted by Gasteiger charge is 2.42. The maximum Gasteiger partial charge on any atom is 0.303 e. The van der Waals surface area contributed by atoms with E-state index in [0.717, 1.165) is 36.5 Å². The van der Waals surface area contributed by atoms with Crippen LogP contribution in [0.5, 0.6) is 5.75 Å². The number of carbonyl (C=O) groups is 15. The fourth-order valence-electron chi connectivity index (χ4n) is 14.5. The molecule has 1 aliphatic heterocycles. The van der Waals surface area contributed by atoms with Crippen LogP contribution in [0.1, 0.15) is 127 Å². The third kappa shape index (κ3) is 32.2. The lowest BCUT2D eigenvalue weighted by atomic mass is 9.85. The molecule has 134 heavy (non-hydrogen) atoms. The fourth-order valence-corrected chi connectivity index (χ4v) is 16.5. The molecular weight excluding hydrogens is 1780 g/mol. The van der Waals surface area contributed by atoms with Crippen molar-refractivity contribution in [2.24, 2.45) is 22.6 Å². The summed E-state index contributed by atoms with van der Waals surface area (Å²) in [6.07, 6.45) is -1.99. The number of nitrogens with zero attached hydrogens (tertiary/aromatic N) is 1. The largest absolute Gasteiger partial charge is 0.508 e. The number of hydrogen-bond donors (Lipinski definition) is 26. The number of hydrogen-bond acceptors (Lipinski definition) is 23. The van der Waals surface area contributed by atoms with Crippen LogP contribution in [0.25, 0.3) is 21.9 Å². The third-order valence-electron chi connectivity index (χ3n) is 21.5. The molecule has 4 heterocycles. The molecule has 722 valence electrons. The van der Waals surface area contributed by atoms with Gasteiger partial charge in [0.25, 0.3) is 0 Å². The van der Waals surface area contributed by atoms with Crippen LogP contribution in [0.3, 0.4) is 0 Å². The highest BCUT2D eigenvalue weighted by atomic mass is 32.2. The number of aliphatic hydroxyl groups is 2. The van der Waals surface area contributed by atoms with E-state index in [2.05, 4.69) is 94.7 Å². The van der Waals surface area contributed by atoms with Gasteiger partial charge < -0.3 is 127 Å². The van der Waals surface area contributed by atoms with Crippen molar-refractivity contribution in [3.05, 3.63) is 161 Å². The topological polar surface area (TPSA) is 688 Å². The van der Waals surface area contributed by atoms with Gasteiger partial charge in [0.05, 0.1) is 12.2 Å². The SMILES string of the molecule is CCC[C@@H]1NC(=O)[C@H](Cc2c[nH]c3ncccc23)NC(=O)[C@H]([C@@H](C)O)NC(=O)[C@H](CNC(=N)N)NC(=O)[C@H](Cc2c[nH]c3ccc(F)cc23)NC(=O)[C@H](C(C)(C)C)NC(=O)[C@@H](NC(=O)[C@H](Cc2ccc(NC(=N)N)cc2)NC(C)=O)CSCc2cccc(c2)CSC[C@@H](C(N)=O)NC(=O)[C@H]([C@@H](C)O)NC(=O)[C@H](CCC)NC(=O)[C@H](Cc2ccc(O)cc2)NC(=O)[C@H](CCC(=O)O)NC1=O. The van der Waals surface area contributed by atoms with Crippen LogP contribution in [0.2, 0.25) is 0 Å². The number of pyridine rings is 1. The van der Waals surface area contributed by atoms with E-state index < -0.39 is 229 Å². The number of anilines is 1. The molecule has 0 unspecified atom stereocenters. The first-order valence-electron chi connectivity index (χ1n) is 43.2. The molecular formula is C89H118FN23O19S2. The lowest BCUT2D eigenvalue weighted by molar-refractivity contribution is -0.139. The highest BCUT2D eigenvalue weighted by Crippen LogP contribution is 2.27. The van der Waals surface area contributed by atoms with Crippen LogP contribution >= 0.6 is 23.5 Å². The van der Waals surface area contributed by atoms with Crippen molar-refractivity contribution >= 4 is 152 Å². The molecule has 0 spiro atoms. The molecule has 3 aromatic heterocycles. The predicted octanol–water partition coefficient (Wildman–Crippen LogP) is -0.792. The van der Waals surface area contributed by atoms with Crippen molar-refractivity contribution in [3.8, 4) is 5.75 Å². The number of guanidine groups is 2. The zero-order chi connectivity index (χ0) is 98.4. The molecule has 0 fully saturated rings. The molecule has 0 saturated heterocycles. The normalized spacial score (nSPS) is 22.3. The number of aliphatic carboxylic acids is 1. The van der Waals surface area contributed by atoms with E-state index in [9.17, 15) is 63.6 Å². The van der Waals surface area contributed by atoms with Crippen LogP contribution in [-0.2, 0) is 109 Å². The van der Waals surface area contributed by atoms with E-state index in [1.807, 2.05) is 0 Å². The molecule has 4 aromatic carbocycles. The Balaban J connectivity index is 1.20. The average Bonchev–Trinajstić information content (AvgIpc) is 1.74. The number of phenols is 1. The first-order valence-corrected chi connectivity index (χ1v) is 45.5. The number of carbonyl (C=O) groups excluding carboxylic acids is 14. The van der Waals surface area contributed by atoms with Gasteiger partial charge in [0, 0.05) is 109 Å². The lowest BCUT2D eigenvalue weighted by Gasteiger charge is -2.33. The lowest BCUT2D eigenvalue weighted by Crippen LogP contribution is -2.64. The van der Waals surface area contributed by atoms with Crippen molar-refractivity contribution in [1.29, 1.82) is 10.8 Å². The second-order valence-corrected chi connectivity index (χ2v) is 35.6. The van der Waals surface area contributed by atoms with Crippen LogP contribution in [0.15, 0.2) is 122 Å². The third-order valence-corrected chi connectivity index (χ3v) is 23.7. The van der Waals surface area contributed by atoms with Crippen molar-refractivity contribution in [3.63, 3.8) is 0 Å². The van der Waals surface area contributed by atoms with E-state index in [4.69, 9.17) is 28.0 Å². The van der Waals surface area contributed by atoms with Gasteiger partial charge in [-0.3, -0.25) is 82.7 Å². The van der Waals surface area contributed by atoms with Gasteiger partial charge in [0.15, 0.2) is 11.9 Å². The molecule has 15 atom stereocenters. The minimum Gasteiger partial charge on any atom is -0.508 e. The van der Waals surface area contributed by atoms with Crippen LogP contribution in [0, 0.1) is 22.1 Å². The summed E-state index contributed by atoms with van der Waals surface area (Å²) < 4.78 is 15.2. The van der Waals surface area contributed by atoms with Crippen molar-refractivity contribution < 1.29 is 96.7 Å². The minimum atomic E-state index is -2.06. The second kappa shape index (κ2) is 50.1. The van der Waals surface area contributed by atoms with Crippen molar-refractivity contribution in [2.75, 3.05) is 23.4 Å². The number of nitrogens with one attached hydrogen (secondary N) is 19. The Labute approximate surface area is 779 Å². The Kier molecular flexibility index (Phi) is 39.4. The van der Waals surface area contributed by atoms with E-state index in [0.29, 0.717) is 50.1 Å². The molecule has 14 amide bonds. The van der Waals surface area contributed by atoms with Gasteiger partial charge in [-0.1, -0.05) is 96.0 Å². The number of phenolic OH excluding ortho intramolecular Hbond substituents is 1. The van der Waals surface area contributed by atoms with E-state index in [-0.39, 0.29) is 84.2 Å². The standard InChI is InChI=1S/C89H118FN23O19S2/c1-9-13-59-75(121)104-61(28-29-69(118)119)76(122)105-63(33-48-20-25-55(117)26-21-48)79(125)103-60(14-10-2)77(123)111-71(45(4)115)85(131)109-67(73(91)120)42-133-40-49-15-11-16-50(31-49)41-134-43-68(110-78(124)62(100-46(5)116)32-47-18-23-54(24-19-47)101-88(94)95)83(129)113-72(89(6,7)8)86(132)107-65(35-52-37-97-58-27-22-53(90)36-57(52)58)81(127)108-66(39-99-87(92)93)82(128)112-70(44(3)114)84(130)106-64(80(126)102-59)34-51-38-98-74-56(51)17-12-30-96-74/h11-12,15-27,30-31,36-38,44-45,59-68,70-72,97,114-115,117H,9-10,13-14,28-29,32-35,39-43H2,1-8H3,(H2,91,120)(H,96,98)(H,100,116)(H,102,126)(H,103,125)(H,104,121)(H,105,122)(H,106,130)(H,107,132)(H,108,127)(H,109,131)(H,110,124)(H,111,123)(H,112,128)(H,113,129)(H,118,119)(H4,92,93,99)(H4,94,95,101)/t44-,45-,59+,60+,61+,62+,63+,64+,65+,66+,67+,68+,70+,71+,72-/m1/s1. The van der Waals surface area contributed by atoms with Crippen molar-refractivity contribution in [1.82, 2.24) is 89.4 Å². The molecule has 8 rings (SSSR count). The van der Waals surface area contributed by atoms with E-state index >= 15 is 33.2 Å². The van der Waals surface area contributed by atoms with Gasteiger partial charge in [0.1, 0.15) is 95.8 Å². The number of aromatic amines is 2. The first kappa shape index (κ1) is 105. The summed E-state index contributed by atoms with van der Waals surface area (Å²) in [6.45, 7) is 10.7. The molecule has 0 saturated carbocycles. The minimum absolute atomic E-state index is 0.128. The molecule has 2 bridgehead atoms. The quantitative estimate of drug-likeness (QED) is 0.0260. The number of aromatic nitrogens is 3. The number of thioether (sulfide) groups is 2. The number of benzene rings is 4. The number of carboxylic acid groups (broad SMARTS) is 1. The Hall–Kier alpha value is -14.0. The maximum absolute atomic E-state index is 15.4. The number of H-pyrrole nitrogens is 2. The van der Waals surface area contributed by atoms with Gasteiger partial charge in [-0.2, -0.15) is 23.5 Å². The molecule has 0 radical (unpaired) electrons. The summed E-state index contributed by atoms with van der Waals surface area (Å²) in [7, 11) is 0. The highest BCUT2D eigenvalue weighted by molar-refractivity contribution is 7.98. The molecule has 1 aliphatic rings. The number of aliphatic hydroxyl groups excluding tert-OH is 2. The number of nitrogens with two attached hydrogens (primary N) is 3. The number of carboxylic acids is 1. The molecule has 7 aromatic rings. The zero-order valence-electron chi connectivity index (χ0n) is 75.1. The molecule has 45 heteroatoms. The Bertz CT molecular complexity index is 5380. The predicted molar refractivity (Wildman–Crippen MR) is 497 cm³/mol. The summed E-state index contributed by atoms with van der Waals surface area (Å²) in [4.78, 5) is 228. The average molecular weight is 1900 g/mol. The Morgan fingerprint density at radius 2 is 1.05 bits per heavy atom. The summed E-state index contributed by atoms with van der Waals surface area (Å²) in [6, 6.07) is 3.83. The van der Waals surface area contributed by atoms with E-state index in [1.165, 1.54) is 68.8 Å². The summed E-state index contributed by atoms with van der Waals surface area (Å²) in [5.41, 5.74) is 19.8. The number of aromatic hydroxyl groups is 1. The molecule has 29 N–H and O–H groups in total. The van der Waals surface area contributed by atoms with Gasteiger partial charge in [-0.25, -0.2) is 9.37 Å². The zero-order valence-corrected chi connectivity index (χ0v) is 76.7. The summed E-state index contributed by atoms with van der Waals surface area (Å²) >= 11 is 2.30. The van der Waals surface area contributed by atoms with Crippen LogP contribution < -0.4 is 97.0 Å². The van der Waals surface area contributed by atoms with Gasteiger partial charge in [-0.15, -0.1) is 0 Å². The van der Waals surface area contributed by atoms with Gasteiger partial charge in [0.2, 0.25) is 82.7 Å². The number of fused-ring (bicyclic) bond motifs is 4. The number of rotatable bonds is 24. The summed E-state index contributed by atoms with van der Waals surface area (Å²) in [5, 5.41) is 98.0. The second-order valence-electron chi connectivity index (χ2n) is 33.6. The van der Waals surface area contributed by atoms with Gasteiger partial charge in [-0.05, 0) is 127 Å². The molecule has 42 nitrogen and oxygen atoms in total. The van der Waals surface area contributed by atoms with Gasteiger partial charge >= 0.3 is 5.97 Å². The monoisotopic (exact) mass is 1900 g/mol. The summed E-state index contributed by atoms with van der Waals surface area (Å²) in [5.74, 6) is -18.1. The van der Waals surface area contributed by atoms with Crippen LogP contribution in [-0.4, -0.2) is 245 Å². The smallest absolute Gasteiger partial charge is 0.303 e. The maximum atomic E-state index is 15.4. The van der Waals surface area contributed by atoms with Crippen molar-refractivity contribution in [2.45, 2.75) is 222 Å². The van der Waals surface area contributed by atoms with E-state index in [1.54, 1.807) is 95.3 Å². The number of halogens is 1. The number of amides is 14. The fraction of sp³-hybridized carbons (Fsp3) is 0.438. The Morgan fingerprint density at radius 3 is 1.60 bits per heavy atom. The van der Waals surface area contributed by atoms with Crippen LogP contribution in [0.4, 0.5) is 10.1 Å².